The van der Waals surface area contributed by atoms with Crippen LogP contribution in [0.5, 0.6) is 5.88 Å². The van der Waals surface area contributed by atoms with Gasteiger partial charge in [0.15, 0.2) is 0 Å². The molecule has 0 spiro atoms. The van der Waals surface area contributed by atoms with Crippen molar-refractivity contribution in [2.45, 2.75) is 31.1 Å². The first-order valence-electron chi connectivity index (χ1n) is 6.23. The summed E-state index contributed by atoms with van der Waals surface area (Å²) in [6.45, 7) is 3.59. The van der Waals surface area contributed by atoms with Crippen molar-refractivity contribution < 1.29 is 13.2 Å². The number of piperidine rings is 1. The highest BCUT2D eigenvalue weighted by atomic mass is 32.2. The van der Waals surface area contributed by atoms with Crippen molar-refractivity contribution in [3.63, 3.8) is 0 Å². The predicted octanol–water partition coefficient (Wildman–Crippen LogP) is 1.65. The van der Waals surface area contributed by atoms with Crippen LogP contribution in [0.4, 0.5) is 0 Å². The van der Waals surface area contributed by atoms with Gasteiger partial charge in [-0.2, -0.15) is 4.31 Å². The molecule has 0 amide bonds. The fourth-order valence-corrected chi connectivity index (χ4v) is 3.47. The quantitative estimate of drug-likeness (QED) is 0.834. The van der Waals surface area contributed by atoms with Gasteiger partial charge >= 0.3 is 0 Å². The first-order valence-corrected chi connectivity index (χ1v) is 7.67. The van der Waals surface area contributed by atoms with E-state index in [1.54, 1.807) is 12.1 Å². The maximum atomic E-state index is 12.3. The highest BCUT2D eigenvalue weighted by Gasteiger charge is 2.26. The van der Waals surface area contributed by atoms with E-state index in [0.29, 0.717) is 25.6 Å². The van der Waals surface area contributed by atoms with Crippen molar-refractivity contribution >= 4 is 10.0 Å². The van der Waals surface area contributed by atoms with Crippen LogP contribution in [0.2, 0.25) is 0 Å². The van der Waals surface area contributed by atoms with E-state index in [2.05, 4.69) is 4.98 Å². The molecule has 0 N–H and O–H groups in total. The minimum atomic E-state index is -3.38. The Kier molecular flexibility index (Phi) is 4.19. The van der Waals surface area contributed by atoms with Crippen molar-refractivity contribution in [1.82, 2.24) is 9.29 Å². The molecule has 1 saturated heterocycles. The minimum absolute atomic E-state index is 0.243. The molecule has 0 aliphatic carbocycles. The summed E-state index contributed by atoms with van der Waals surface area (Å²) in [5.41, 5.74) is 0. The molecule has 100 valence electrons. The molecule has 0 atom stereocenters. The van der Waals surface area contributed by atoms with Gasteiger partial charge in [-0.1, -0.05) is 6.42 Å². The van der Waals surface area contributed by atoms with Crippen LogP contribution in [0.15, 0.2) is 23.2 Å². The summed E-state index contributed by atoms with van der Waals surface area (Å²) in [4.78, 5) is 4.24. The summed E-state index contributed by atoms with van der Waals surface area (Å²) in [6.07, 6.45) is 4.34. The van der Waals surface area contributed by atoms with Crippen molar-refractivity contribution in [2.24, 2.45) is 0 Å². The van der Waals surface area contributed by atoms with E-state index in [0.717, 1.165) is 19.3 Å². The van der Waals surface area contributed by atoms with Crippen molar-refractivity contribution in [3.05, 3.63) is 18.3 Å². The van der Waals surface area contributed by atoms with Gasteiger partial charge < -0.3 is 4.74 Å². The summed E-state index contributed by atoms with van der Waals surface area (Å²) >= 11 is 0. The molecule has 1 aromatic heterocycles. The summed E-state index contributed by atoms with van der Waals surface area (Å²) in [6, 6.07) is 3.16. The van der Waals surface area contributed by atoms with E-state index in [-0.39, 0.29) is 4.90 Å². The molecule has 1 fully saturated rings. The topological polar surface area (TPSA) is 59.5 Å². The second-order valence-corrected chi connectivity index (χ2v) is 6.17. The molecule has 5 nitrogen and oxygen atoms in total. The Labute approximate surface area is 108 Å². The zero-order chi connectivity index (χ0) is 13.0. The summed E-state index contributed by atoms with van der Waals surface area (Å²) in [5.74, 6) is 0.454. The summed E-state index contributed by atoms with van der Waals surface area (Å²) in [7, 11) is -3.38. The fourth-order valence-electron chi connectivity index (χ4n) is 2.01. The highest BCUT2D eigenvalue weighted by Crippen LogP contribution is 2.21. The SMILES string of the molecule is CCOc1ccc(S(=O)(=O)N2CCCCC2)cn1. The van der Waals surface area contributed by atoms with Crippen LogP contribution in [-0.4, -0.2) is 37.4 Å². The predicted molar refractivity (Wildman–Crippen MR) is 68.0 cm³/mol. The van der Waals surface area contributed by atoms with E-state index in [4.69, 9.17) is 4.74 Å². The third-order valence-corrected chi connectivity index (χ3v) is 4.84. The first kappa shape index (κ1) is 13.3. The van der Waals surface area contributed by atoms with Crippen LogP contribution in [-0.2, 0) is 10.0 Å². The Balaban J connectivity index is 2.18. The maximum Gasteiger partial charge on any atom is 0.244 e. The standard InChI is InChI=1S/C12H18N2O3S/c1-2-17-12-7-6-11(10-13-12)18(15,16)14-8-4-3-5-9-14/h6-7,10H,2-5,8-9H2,1H3. The minimum Gasteiger partial charge on any atom is -0.478 e. The highest BCUT2D eigenvalue weighted by molar-refractivity contribution is 7.89. The molecule has 1 aromatic rings. The number of hydrogen-bond donors (Lipinski definition) is 0. The Morgan fingerprint density at radius 3 is 2.56 bits per heavy atom. The average Bonchev–Trinajstić information content (AvgIpc) is 2.41. The normalized spacial score (nSPS) is 17.6. The molecule has 2 rings (SSSR count). The Morgan fingerprint density at radius 2 is 2.00 bits per heavy atom. The summed E-state index contributed by atoms with van der Waals surface area (Å²) in [5, 5.41) is 0. The number of hydrogen-bond acceptors (Lipinski definition) is 4. The molecule has 6 heteroatoms. The average molecular weight is 270 g/mol. The Morgan fingerprint density at radius 1 is 1.28 bits per heavy atom. The molecule has 0 saturated carbocycles. The lowest BCUT2D eigenvalue weighted by atomic mass is 10.2. The third-order valence-electron chi connectivity index (χ3n) is 2.95. The number of pyridine rings is 1. The molecule has 18 heavy (non-hydrogen) atoms. The van der Waals surface area contributed by atoms with Crippen molar-refractivity contribution in [1.29, 1.82) is 0 Å². The zero-order valence-electron chi connectivity index (χ0n) is 10.5. The molecular weight excluding hydrogens is 252 g/mol. The fraction of sp³-hybridized carbons (Fsp3) is 0.583. The van der Waals surface area contributed by atoms with Gasteiger partial charge in [-0.15, -0.1) is 0 Å². The smallest absolute Gasteiger partial charge is 0.244 e. The second kappa shape index (κ2) is 5.67. The Hall–Kier alpha value is -1.14. The van der Waals surface area contributed by atoms with Crippen LogP contribution >= 0.6 is 0 Å². The number of sulfonamides is 1. The molecule has 1 aliphatic heterocycles. The van der Waals surface area contributed by atoms with Crippen LogP contribution < -0.4 is 4.74 Å². The first-order chi connectivity index (χ1) is 8.64. The van der Waals surface area contributed by atoms with Gasteiger partial charge in [0, 0.05) is 19.2 Å². The van der Waals surface area contributed by atoms with E-state index in [9.17, 15) is 8.42 Å². The van der Waals surface area contributed by atoms with Crippen LogP contribution in [0.3, 0.4) is 0 Å². The molecule has 0 bridgehead atoms. The van der Waals surface area contributed by atoms with Crippen LogP contribution in [0.1, 0.15) is 26.2 Å². The van der Waals surface area contributed by atoms with E-state index >= 15 is 0 Å². The van der Waals surface area contributed by atoms with Gasteiger partial charge in [-0.3, -0.25) is 0 Å². The lowest BCUT2D eigenvalue weighted by Crippen LogP contribution is -2.35. The maximum absolute atomic E-state index is 12.3. The molecule has 1 aliphatic rings. The largest absolute Gasteiger partial charge is 0.478 e. The molecule has 0 aromatic carbocycles. The number of aromatic nitrogens is 1. The second-order valence-electron chi connectivity index (χ2n) is 4.23. The van der Waals surface area contributed by atoms with E-state index in [1.807, 2.05) is 6.92 Å². The van der Waals surface area contributed by atoms with Gasteiger partial charge in [0.05, 0.1) is 12.8 Å². The van der Waals surface area contributed by atoms with Gasteiger partial charge in [0.2, 0.25) is 15.9 Å². The lowest BCUT2D eigenvalue weighted by Gasteiger charge is -2.25. The molecular formula is C12H18N2O3S. The van der Waals surface area contributed by atoms with Gasteiger partial charge in [-0.05, 0) is 25.8 Å². The van der Waals surface area contributed by atoms with Gasteiger partial charge in [0.25, 0.3) is 0 Å². The van der Waals surface area contributed by atoms with Crippen LogP contribution in [0, 0.1) is 0 Å². The van der Waals surface area contributed by atoms with Crippen LogP contribution in [0.25, 0.3) is 0 Å². The van der Waals surface area contributed by atoms with Gasteiger partial charge in [0.1, 0.15) is 4.90 Å². The van der Waals surface area contributed by atoms with E-state index < -0.39 is 10.0 Å². The summed E-state index contributed by atoms with van der Waals surface area (Å²) < 4.78 is 31.3. The number of nitrogens with zero attached hydrogens (tertiary/aromatic N) is 2. The van der Waals surface area contributed by atoms with E-state index in [1.165, 1.54) is 10.5 Å². The zero-order valence-corrected chi connectivity index (χ0v) is 11.3. The van der Waals surface area contributed by atoms with Crippen molar-refractivity contribution in [3.8, 4) is 5.88 Å². The monoisotopic (exact) mass is 270 g/mol. The molecule has 0 radical (unpaired) electrons. The van der Waals surface area contributed by atoms with Gasteiger partial charge in [-0.25, -0.2) is 13.4 Å². The molecule has 2 heterocycles. The number of ether oxygens (including phenoxy) is 1. The lowest BCUT2D eigenvalue weighted by molar-refractivity contribution is 0.326. The third kappa shape index (κ3) is 2.81. The Bertz CT molecular complexity index is 479. The molecule has 0 unspecified atom stereocenters. The number of rotatable bonds is 4. The van der Waals surface area contributed by atoms with Crippen molar-refractivity contribution in [2.75, 3.05) is 19.7 Å².